The van der Waals surface area contributed by atoms with Gasteiger partial charge in [-0.1, -0.05) is 0 Å². The smallest absolute Gasteiger partial charge is 0.387 e. The first-order valence-corrected chi connectivity index (χ1v) is 11.1. The first kappa shape index (κ1) is 23.7. The summed E-state index contributed by atoms with van der Waals surface area (Å²) in [5.41, 5.74) is 6.18. The van der Waals surface area contributed by atoms with E-state index in [1.807, 2.05) is 4.90 Å². The maximum Gasteiger partial charge on any atom is 0.387 e. The van der Waals surface area contributed by atoms with Crippen molar-refractivity contribution >= 4 is 17.6 Å². The Morgan fingerprint density at radius 1 is 1.11 bits per heavy atom. The summed E-state index contributed by atoms with van der Waals surface area (Å²) >= 11 is 0. The summed E-state index contributed by atoms with van der Waals surface area (Å²) in [7, 11) is 0. The first-order valence-electron chi connectivity index (χ1n) is 11.1. The number of nitrogens with zero attached hydrogens (tertiary/aromatic N) is 6. The largest absolute Gasteiger partial charge is 0.431 e. The molecule has 3 saturated heterocycles. The van der Waals surface area contributed by atoms with Crippen molar-refractivity contribution in [1.82, 2.24) is 19.9 Å². The van der Waals surface area contributed by atoms with E-state index in [9.17, 15) is 26.3 Å². The molecule has 2 aromatic rings. The van der Waals surface area contributed by atoms with Crippen molar-refractivity contribution in [3.05, 3.63) is 18.3 Å². The average Bonchev–Trinajstić information content (AvgIpc) is 3.48. The van der Waals surface area contributed by atoms with Crippen LogP contribution in [0.3, 0.4) is 0 Å². The maximum atomic E-state index is 13.9. The minimum absolute atomic E-state index is 0.0455. The lowest BCUT2D eigenvalue weighted by Gasteiger charge is -2.35. The molecule has 8 nitrogen and oxygen atoms in total. The molecule has 0 saturated carbocycles. The Morgan fingerprint density at radius 3 is 2.54 bits per heavy atom. The Hall–Kier alpha value is -3.03. The van der Waals surface area contributed by atoms with Crippen molar-refractivity contribution in [2.24, 2.45) is 0 Å². The summed E-state index contributed by atoms with van der Waals surface area (Å²) < 4.78 is 83.6. The van der Waals surface area contributed by atoms with Gasteiger partial charge in [-0.05, 0) is 12.5 Å². The summed E-state index contributed by atoms with van der Waals surface area (Å²) in [5.74, 6) is -2.95. The fraction of sp³-hybridized carbons (Fsp3) is 0.571. The van der Waals surface area contributed by atoms with Gasteiger partial charge in [0.1, 0.15) is 5.82 Å². The van der Waals surface area contributed by atoms with Crippen LogP contribution in [0.15, 0.2) is 18.3 Å². The molecule has 190 valence electrons. The molecule has 0 aliphatic carbocycles. The van der Waals surface area contributed by atoms with Gasteiger partial charge in [-0.25, -0.2) is 27.5 Å². The molecule has 2 aromatic heterocycles. The lowest BCUT2D eigenvalue weighted by molar-refractivity contribution is -0.0494. The van der Waals surface area contributed by atoms with E-state index in [0.29, 0.717) is 25.3 Å². The number of anilines is 3. The Morgan fingerprint density at radius 2 is 1.91 bits per heavy atom. The molecule has 3 fully saturated rings. The molecule has 14 heteroatoms. The molecular weight excluding hydrogens is 480 g/mol. The van der Waals surface area contributed by atoms with Crippen LogP contribution in [0.4, 0.5) is 43.9 Å². The number of ether oxygens (including phenoxy) is 1. The van der Waals surface area contributed by atoms with Crippen LogP contribution in [0.5, 0.6) is 5.75 Å². The molecule has 0 spiro atoms. The van der Waals surface area contributed by atoms with Crippen molar-refractivity contribution in [3.63, 3.8) is 0 Å². The van der Waals surface area contributed by atoms with E-state index < -0.39 is 25.5 Å². The topological polar surface area (TPSA) is 83.6 Å². The SMILES string of the molecule is Nc1ncc(-c2cc(N3CC4CC3CN4CC(F)F)nc(N3CCC(F)(F)C3)n2)cc1OC(F)F. The van der Waals surface area contributed by atoms with Crippen molar-refractivity contribution < 1.29 is 31.1 Å². The summed E-state index contributed by atoms with van der Waals surface area (Å²) in [4.78, 5) is 17.9. The van der Waals surface area contributed by atoms with E-state index in [1.165, 1.54) is 17.2 Å². The summed E-state index contributed by atoms with van der Waals surface area (Å²) in [6.45, 7) is -3.05. The lowest BCUT2D eigenvalue weighted by Crippen LogP contribution is -2.48. The van der Waals surface area contributed by atoms with Gasteiger partial charge in [-0.2, -0.15) is 13.8 Å². The number of hydrogen-bond acceptors (Lipinski definition) is 8. The molecule has 3 aliphatic rings. The molecule has 0 aromatic carbocycles. The minimum Gasteiger partial charge on any atom is -0.431 e. The monoisotopic (exact) mass is 503 g/mol. The lowest BCUT2D eigenvalue weighted by atomic mass is 10.2. The second-order valence-corrected chi connectivity index (χ2v) is 8.97. The van der Waals surface area contributed by atoms with Crippen LogP contribution in [0.25, 0.3) is 11.3 Å². The van der Waals surface area contributed by atoms with E-state index in [4.69, 9.17) is 5.73 Å². The predicted molar refractivity (Wildman–Crippen MR) is 115 cm³/mol. The van der Waals surface area contributed by atoms with E-state index in [-0.39, 0.29) is 60.4 Å². The van der Waals surface area contributed by atoms with Crippen LogP contribution in [-0.4, -0.2) is 83.6 Å². The Labute approximate surface area is 196 Å². The first-order chi connectivity index (χ1) is 16.6. The second-order valence-electron chi connectivity index (χ2n) is 8.97. The number of nitrogens with two attached hydrogens (primary N) is 1. The zero-order valence-electron chi connectivity index (χ0n) is 18.4. The zero-order chi connectivity index (χ0) is 24.9. The molecule has 2 bridgehead atoms. The van der Waals surface area contributed by atoms with Gasteiger partial charge >= 0.3 is 6.61 Å². The van der Waals surface area contributed by atoms with Crippen molar-refractivity contribution in [2.45, 2.75) is 43.9 Å². The molecular formula is C21H23F6N7O. The van der Waals surface area contributed by atoms with Crippen LogP contribution in [0, 0.1) is 0 Å². The Balaban J connectivity index is 1.49. The highest BCUT2D eigenvalue weighted by molar-refractivity contribution is 5.68. The maximum absolute atomic E-state index is 13.9. The van der Waals surface area contributed by atoms with Crippen LogP contribution in [0.1, 0.15) is 12.8 Å². The van der Waals surface area contributed by atoms with Crippen LogP contribution in [-0.2, 0) is 0 Å². The highest BCUT2D eigenvalue weighted by atomic mass is 19.3. The quantitative estimate of drug-likeness (QED) is 0.578. The molecule has 3 aliphatic heterocycles. The highest BCUT2D eigenvalue weighted by Gasteiger charge is 2.45. The number of rotatable bonds is 7. The molecule has 35 heavy (non-hydrogen) atoms. The van der Waals surface area contributed by atoms with Crippen molar-refractivity contribution in [1.29, 1.82) is 0 Å². The van der Waals surface area contributed by atoms with Gasteiger partial charge in [0.15, 0.2) is 11.6 Å². The Kier molecular flexibility index (Phi) is 6.01. The number of hydrogen-bond donors (Lipinski definition) is 1. The molecule has 5 rings (SSSR count). The van der Waals surface area contributed by atoms with Crippen LogP contribution < -0.4 is 20.3 Å². The van der Waals surface area contributed by atoms with Gasteiger partial charge in [0.2, 0.25) is 5.95 Å². The summed E-state index contributed by atoms with van der Waals surface area (Å²) in [6, 6.07) is 2.71. The number of pyridine rings is 1. The minimum atomic E-state index is -3.12. The number of piperazine rings is 1. The number of nitrogen functional groups attached to an aromatic ring is 1. The fourth-order valence-electron chi connectivity index (χ4n) is 4.98. The average molecular weight is 503 g/mol. The van der Waals surface area contributed by atoms with E-state index in [1.54, 1.807) is 11.0 Å². The van der Waals surface area contributed by atoms with E-state index in [0.717, 1.165) is 0 Å². The standard InChI is InChI=1S/C21H23F6N7O/c22-16(23)9-33-7-13-4-12(33)8-34(13)17-5-14(11-3-15(35-19(24)25)18(28)29-6-11)30-20(31-17)32-2-1-21(26,27)10-32/h3,5-6,12-13,16,19H,1-2,4,7-10H2,(H2,28,29). The number of alkyl halides is 6. The van der Waals surface area contributed by atoms with Gasteiger partial charge in [0.25, 0.3) is 12.3 Å². The predicted octanol–water partition coefficient (Wildman–Crippen LogP) is 3.10. The molecule has 5 heterocycles. The van der Waals surface area contributed by atoms with Crippen molar-refractivity contribution in [2.75, 3.05) is 48.3 Å². The summed E-state index contributed by atoms with van der Waals surface area (Å²) in [6.07, 6.45) is -0.774. The number of halogens is 6. The van der Waals surface area contributed by atoms with Crippen LogP contribution in [0.2, 0.25) is 0 Å². The third kappa shape index (κ3) is 4.88. The number of fused-ring (bicyclic) bond motifs is 2. The van der Waals surface area contributed by atoms with E-state index in [2.05, 4.69) is 19.7 Å². The van der Waals surface area contributed by atoms with Gasteiger partial charge < -0.3 is 20.3 Å². The zero-order valence-corrected chi connectivity index (χ0v) is 18.4. The highest BCUT2D eigenvalue weighted by Crippen LogP contribution is 2.38. The fourth-order valence-corrected chi connectivity index (χ4v) is 4.98. The number of aromatic nitrogens is 3. The van der Waals surface area contributed by atoms with Gasteiger partial charge in [0, 0.05) is 56.0 Å². The molecule has 0 amide bonds. The van der Waals surface area contributed by atoms with Crippen molar-refractivity contribution in [3.8, 4) is 17.0 Å². The number of likely N-dealkylation sites (tertiary alicyclic amines) is 1. The van der Waals surface area contributed by atoms with Gasteiger partial charge in [-0.15, -0.1) is 0 Å². The third-order valence-corrected chi connectivity index (χ3v) is 6.57. The van der Waals surface area contributed by atoms with Gasteiger partial charge in [0.05, 0.1) is 18.8 Å². The molecule has 2 N–H and O–H groups in total. The second kappa shape index (κ2) is 8.88. The Bertz CT molecular complexity index is 1090. The molecule has 2 unspecified atom stereocenters. The van der Waals surface area contributed by atoms with Gasteiger partial charge in [-0.3, -0.25) is 4.90 Å². The normalized spacial score (nSPS) is 23.8. The molecule has 0 radical (unpaired) electrons. The third-order valence-electron chi connectivity index (χ3n) is 6.57. The summed E-state index contributed by atoms with van der Waals surface area (Å²) in [5, 5.41) is 0. The van der Waals surface area contributed by atoms with E-state index >= 15 is 0 Å². The molecule has 2 atom stereocenters. The van der Waals surface area contributed by atoms with Crippen LogP contribution >= 0.6 is 0 Å².